The molecule has 0 aliphatic carbocycles. The molecule has 0 saturated carbocycles. The molecule has 10 heteroatoms. The van der Waals surface area contributed by atoms with Crippen molar-refractivity contribution in [1.29, 1.82) is 0 Å². The molecule has 0 aromatic rings. The molecule has 0 heterocycles. The first-order valence-electron chi connectivity index (χ1n) is 1.65. The lowest BCUT2D eigenvalue weighted by atomic mass is 13.9. The number of hydrogen-bond acceptors (Lipinski definition) is 6. The zero-order valence-electron chi connectivity index (χ0n) is 4.54. The van der Waals surface area contributed by atoms with Gasteiger partial charge in [0.2, 0.25) is 0 Å². The highest BCUT2D eigenvalue weighted by atomic mass is 32.2. The van der Waals surface area contributed by atoms with Crippen LogP contribution in [0.3, 0.4) is 0 Å². The van der Waals surface area contributed by atoms with Gasteiger partial charge in [0.05, 0.1) is 0 Å². The van der Waals surface area contributed by atoms with Gasteiger partial charge in [-0.3, -0.25) is 4.55 Å². The smallest absolute Gasteiger partial charge is 0.368 e. The van der Waals surface area contributed by atoms with Crippen molar-refractivity contribution in [1.82, 2.24) is 0 Å². The van der Waals surface area contributed by atoms with E-state index in [2.05, 4.69) is 5.14 Å². The van der Waals surface area contributed by atoms with Crippen molar-refractivity contribution in [3.63, 3.8) is 0 Å². The minimum atomic E-state index is -4.61. The number of rotatable bonds is 0. The van der Waals surface area contributed by atoms with Crippen molar-refractivity contribution in [3.05, 3.63) is 0 Å². The Hall–Kier alpha value is -0.0731. The van der Waals surface area contributed by atoms with Crippen LogP contribution in [0.4, 0.5) is 0 Å². The van der Waals surface area contributed by atoms with Gasteiger partial charge in [-0.05, 0) is 0 Å². The van der Waals surface area contributed by atoms with E-state index in [-0.39, 0.29) is 0 Å². The van der Waals surface area contributed by atoms with Crippen LogP contribution in [-0.4, -0.2) is 41.2 Å². The highest BCUT2D eigenvalue weighted by molar-refractivity contribution is 7.83. The van der Waals surface area contributed by atoms with Gasteiger partial charge >= 0.3 is 19.4 Å². The Morgan fingerprint density at radius 2 is 1.10 bits per heavy atom. The lowest BCUT2D eigenvalue weighted by molar-refractivity contribution is 0.117. The fourth-order valence-corrected chi connectivity index (χ4v) is 0. The molecule has 0 amide bonds. The normalized spacial score (nSPS) is 11.8. The Morgan fingerprint density at radius 1 is 1.10 bits per heavy atom. The zero-order chi connectivity index (χ0) is 9.00. The van der Waals surface area contributed by atoms with E-state index in [0.29, 0.717) is 0 Å². The molecular weight excluding hydrogens is 186 g/mol. The number of hydrogen-bond donors (Lipinski definition) is 6. The first-order valence-corrected chi connectivity index (χ1v) is 4.94. The van der Waals surface area contributed by atoms with Crippen molar-refractivity contribution < 1.29 is 32.2 Å². The molecule has 10 heavy (non-hydrogen) atoms. The Labute approximate surface area is 57.5 Å². The summed E-state index contributed by atoms with van der Waals surface area (Å²) in [6.07, 6.45) is 0. The summed E-state index contributed by atoms with van der Waals surface area (Å²) in [6, 6.07) is 0. The summed E-state index contributed by atoms with van der Waals surface area (Å²) in [7, 11) is -8.78. The predicted octanol–water partition coefficient (Wildman–Crippen LogP) is -3.86. The summed E-state index contributed by atoms with van der Waals surface area (Å²) < 4.78 is 25.2. The van der Waals surface area contributed by atoms with Crippen LogP contribution in [-0.2, 0) is 10.3 Å². The van der Waals surface area contributed by atoms with Crippen molar-refractivity contribution in [2.24, 2.45) is 5.14 Å². The lowest BCUT2D eigenvalue weighted by Gasteiger charge is -1.91. The molecule has 0 atom stereocenters. The van der Waals surface area contributed by atoms with E-state index in [1.165, 1.54) is 0 Å². The average Bonchev–Trinajstić information content (AvgIpc) is 1.12. The molecule has 0 spiro atoms. The average molecular weight is 193 g/mol. The van der Waals surface area contributed by atoms with Crippen LogP contribution in [0.25, 0.3) is 0 Å². The molecule has 0 unspecified atom stereocenters. The molecule has 0 aliphatic heterocycles. The third kappa shape index (κ3) is 71100. The second-order valence-electron chi connectivity index (χ2n) is 1.11. The van der Waals surface area contributed by atoms with Crippen LogP contribution in [0.15, 0.2) is 0 Å². The van der Waals surface area contributed by atoms with Crippen LogP contribution < -0.4 is 5.14 Å². The van der Waals surface area contributed by atoms with Gasteiger partial charge in [0.1, 0.15) is 0 Å². The summed E-state index contributed by atoms with van der Waals surface area (Å²) in [5, 5.41) is 3.88. The summed E-state index contributed by atoms with van der Waals surface area (Å²) in [6.45, 7) is 0. The van der Waals surface area contributed by atoms with Crippen LogP contribution in [0, 0.1) is 0 Å². The van der Waals surface area contributed by atoms with Crippen molar-refractivity contribution in [2.75, 3.05) is 0 Å². The van der Waals surface area contributed by atoms with E-state index in [1.807, 2.05) is 0 Å². The van der Waals surface area contributed by atoms with Crippen LogP contribution in [0.1, 0.15) is 0 Å². The molecule has 0 aromatic heterocycles. The van der Waals surface area contributed by atoms with Crippen LogP contribution in [0.2, 0.25) is 0 Å². The van der Waals surface area contributed by atoms with Crippen molar-refractivity contribution in [2.45, 2.75) is 0 Å². The maximum absolute atomic E-state index is 8.97. The maximum atomic E-state index is 8.97. The Balaban J connectivity index is 0. The van der Waals surface area contributed by atoms with E-state index in [0.717, 1.165) is 0 Å². The lowest BCUT2D eigenvalue weighted by Crippen LogP contribution is -2.33. The molecule has 8 nitrogen and oxygen atoms in total. The Bertz CT molecular complexity index is 149. The molecule has 0 aliphatic rings. The fraction of sp³-hybridized carbons (Fsp3) is 0. The highest BCUT2D eigenvalue weighted by Gasteiger charge is 2.22. The second-order valence-corrected chi connectivity index (χ2v) is 3.34. The SMILES string of the molecule is NS(=O)(=O)O.O[Si](O)(O)O. The second kappa shape index (κ2) is 3.94. The van der Waals surface area contributed by atoms with E-state index >= 15 is 0 Å². The molecular formula is H7NO7SSi. The van der Waals surface area contributed by atoms with Gasteiger partial charge in [-0.25, -0.2) is 5.14 Å². The third-order valence-corrected chi connectivity index (χ3v) is 0. The highest BCUT2D eigenvalue weighted by Crippen LogP contribution is 1.67. The zero-order valence-corrected chi connectivity index (χ0v) is 6.35. The van der Waals surface area contributed by atoms with Gasteiger partial charge in [0.15, 0.2) is 0 Å². The van der Waals surface area contributed by atoms with E-state index in [1.54, 1.807) is 0 Å². The first kappa shape index (κ1) is 12.6. The van der Waals surface area contributed by atoms with E-state index in [9.17, 15) is 0 Å². The van der Waals surface area contributed by atoms with Crippen molar-refractivity contribution in [3.8, 4) is 0 Å². The largest absolute Gasteiger partial charge is 0.668 e. The molecule has 0 fully saturated rings. The summed E-state index contributed by atoms with van der Waals surface area (Å²) >= 11 is 0. The van der Waals surface area contributed by atoms with Gasteiger partial charge in [-0.2, -0.15) is 8.42 Å². The Kier molecular flexibility index (Phi) is 4.96. The van der Waals surface area contributed by atoms with E-state index < -0.39 is 19.4 Å². The first-order chi connectivity index (χ1) is 4.00. The summed E-state index contributed by atoms with van der Waals surface area (Å²) in [4.78, 5) is 29.3. The molecule has 0 saturated heterocycles. The predicted molar refractivity (Wildman–Crippen MR) is 30.4 cm³/mol. The van der Waals surface area contributed by atoms with Crippen LogP contribution >= 0.6 is 0 Å². The number of nitrogens with two attached hydrogens (primary N) is 1. The van der Waals surface area contributed by atoms with Gasteiger partial charge in [-0.1, -0.05) is 0 Å². The van der Waals surface area contributed by atoms with Gasteiger partial charge in [0.25, 0.3) is 0 Å². The fourth-order valence-electron chi connectivity index (χ4n) is 0. The van der Waals surface area contributed by atoms with Crippen LogP contribution in [0.5, 0.6) is 0 Å². The maximum Gasteiger partial charge on any atom is 0.668 e. The van der Waals surface area contributed by atoms with Gasteiger partial charge < -0.3 is 19.2 Å². The topological polar surface area (TPSA) is 161 Å². The monoisotopic (exact) mass is 193 g/mol. The molecule has 0 bridgehead atoms. The molecule has 7 N–H and O–H groups in total. The molecule has 0 rings (SSSR count). The Morgan fingerprint density at radius 3 is 1.10 bits per heavy atom. The summed E-state index contributed by atoms with van der Waals surface area (Å²) in [5.41, 5.74) is 0. The summed E-state index contributed by atoms with van der Waals surface area (Å²) in [5.74, 6) is 0. The minimum Gasteiger partial charge on any atom is -0.368 e. The molecule has 0 aromatic carbocycles. The van der Waals surface area contributed by atoms with Crippen molar-refractivity contribution >= 4 is 19.4 Å². The molecule has 0 radical (unpaired) electrons. The third-order valence-electron chi connectivity index (χ3n) is 0. The minimum absolute atomic E-state index is 3.88. The van der Waals surface area contributed by atoms with Gasteiger partial charge in [0, 0.05) is 0 Å². The van der Waals surface area contributed by atoms with Gasteiger partial charge in [-0.15, -0.1) is 0 Å². The standard InChI is InChI=1S/H3NO3S.H4O4Si/c2*1-5(2,3)4/h(H3,1,2,3,4);1-4H. The quantitative estimate of drug-likeness (QED) is 0.169. The van der Waals surface area contributed by atoms with E-state index in [4.69, 9.17) is 32.2 Å². The molecule has 64 valence electrons.